The van der Waals surface area contributed by atoms with Gasteiger partial charge in [-0.1, -0.05) is 30.0 Å². The van der Waals surface area contributed by atoms with E-state index in [4.69, 9.17) is 4.74 Å². The number of methoxy groups -OCH3 is 1. The van der Waals surface area contributed by atoms with Gasteiger partial charge in [0.15, 0.2) is 9.84 Å². The molecule has 0 spiro atoms. The van der Waals surface area contributed by atoms with Gasteiger partial charge in [-0.15, -0.1) is 11.3 Å². The molecule has 0 radical (unpaired) electrons. The maximum Gasteiger partial charge on any atom is 0.393 e. The lowest BCUT2D eigenvalue weighted by Gasteiger charge is -2.11. The molecule has 3 aromatic rings. The third-order valence-electron chi connectivity index (χ3n) is 4.30. The topological polar surface area (TPSA) is 55.4 Å². The Bertz CT molecular complexity index is 1290. The summed E-state index contributed by atoms with van der Waals surface area (Å²) in [4.78, 5) is -0.186. The Morgan fingerprint density at radius 3 is 2.55 bits per heavy atom. The quantitative estimate of drug-likeness (QED) is 0.419. The number of ether oxygens (including phenoxy) is 1. The minimum absolute atomic E-state index is 0.0201. The average Bonchev–Trinajstić information content (AvgIpc) is 3.00. The van der Waals surface area contributed by atoms with Gasteiger partial charge in [0.25, 0.3) is 0 Å². The molecule has 2 aromatic carbocycles. The highest BCUT2D eigenvalue weighted by molar-refractivity contribution is 7.90. The predicted octanol–water partition coefficient (Wildman–Crippen LogP) is 5.02. The Labute approximate surface area is 180 Å². The highest BCUT2D eigenvalue weighted by Gasteiger charge is 2.30. The van der Waals surface area contributed by atoms with Gasteiger partial charge in [0.2, 0.25) is 0 Å². The van der Waals surface area contributed by atoms with Crippen LogP contribution in [0.5, 0.6) is 5.75 Å². The van der Waals surface area contributed by atoms with Gasteiger partial charge < -0.3 is 10.1 Å². The van der Waals surface area contributed by atoms with Gasteiger partial charge in [-0.2, -0.15) is 13.2 Å². The van der Waals surface area contributed by atoms with Crippen LogP contribution in [0.2, 0.25) is 0 Å². The molecule has 0 unspecified atom stereocenters. The number of halogens is 4. The molecule has 0 atom stereocenters. The van der Waals surface area contributed by atoms with Crippen LogP contribution in [0, 0.1) is 17.7 Å². The number of hydrogen-bond acceptors (Lipinski definition) is 5. The molecule has 0 aliphatic heterocycles. The fraction of sp³-hybridized carbons (Fsp3) is 0.238. The lowest BCUT2D eigenvalue weighted by molar-refractivity contribution is -0.126. The van der Waals surface area contributed by atoms with Crippen LogP contribution in [-0.2, 0) is 16.3 Å². The Morgan fingerprint density at radius 1 is 1.19 bits per heavy atom. The van der Waals surface area contributed by atoms with Crippen molar-refractivity contribution in [2.75, 3.05) is 25.2 Å². The lowest BCUT2D eigenvalue weighted by Crippen LogP contribution is -2.12. The Morgan fingerprint density at radius 2 is 1.90 bits per heavy atom. The SMILES string of the molecule is COc1cc(S(C)(=O)=O)c(F)cc1NCC#Cc1sc2ccccc2c1CC(F)(F)F. The molecule has 0 aliphatic rings. The first kappa shape index (κ1) is 22.9. The zero-order valence-corrected chi connectivity index (χ0v) is 18.1. The summed E-state index contributed by atoms with van der Waals surface area (Å²) in [6.45, 7) is -0.0201. The Balaban J connectivity index is 1.86. The number of thiophene rings is 1. The van der Waals surface area contributed by atoms with Gasteiger partial charge >= 0.3 is 6.18 Å². The second-order valence-corrected chi connectivity index (χ2v) is 9.64. The summed E-state index contributed by atoms with van der Waals surface area (Å²) >= 11 is 1.17. The molecule has 0 saturated heterocycles. The summed E-state index contributed by atoms with van der Waals surface area (Å²) in [5.41, 5.74) is 0.301. The minimum atomic E-state index is -4.37. The maximum atomic E-state index is 14.1. The number of anilines is 1. The molecule has 4 nitrogen and oxygen atoms in total. The molecule has 1 aromatic heterocycles. The van der Waals surface area contributed by atoms with E-state index >= 15 is 0 Å². The lowest BCUT2D eigenvalue weighted by atomic mass is 10.1. The van der Waals surface area contributed by atoms with Crippen LogP contribution in [0.25, 0.3) is 10.1 Å². The highest BCUT2D eigenvalue weighted by atomic mass is 32.2. The number of sulfone groups is 1. The van der Waals surface area contributed by atoms with Crippen molar-refractivity contribution in [2.24, 2.45) is 0 Å². The van der Waals surface area contributed by atoms with Gasteiger partial charge in [0.1, 0.15) is 16.5 Å². The smallest absolute Gasteiger partial charge is 0.393 e. The number of hydrogen-bond donors (Lipinski definition) is 1. The van der Waals surface area contributed by atoms with E-state index in [2.05, 4.69) is 17.2 Å². The Kier molecular flexibility index (Phi) is 6.48. The first-order valence-electron chi connectivity index (χ1n) is 8.87. The van der Waals surface area contributed by atoms with E-state index in [0.717, 1.165) is 18.4 Å². The minimum Gasteiger partial charge on any atom is -0.495 e. The molecule has 0 bridgehead atoms. The van der Waals surface area contributed by atoms with Crippen molar-refractivity contribution in [3.05, 3.63) is 52.7 Å². The third kappa shape index (κ3) is 5.48. The summed E-state index contributed by atoms with van der Waals surface area (Å²) in [5.74, 6) is 4.65. The maximum absolute atomic E-state index is 14.1. The normalized spacial score (nSPS) is 11.8. The van der Waals surface area contributed by atoms with Crippen LogP contribution >= 0.6 is 11.3 Å². The molecule has 10 heteroatoms. The second kappa shape index (κ2) is 8.77. The summed E-state index contributed by atoms with van der Waals surface area (Å²) < 4.78 is 82.3. The van der Waals surface area contributed by atoms with Gasteiger partial charge in [0.05, 0.1) is 30.6 Å². The fourth-order valence-corrected chi connectivity index (χ4v) is 4.80. The van der Waals surface area contributed by atoms with E-state index in [9.17, 15) is 26.0 Å². The molecular weight excluding hydrogens is 454 g/mol. The highest BCUT2D eigenvalue weighted by Crippen LogP contribution is 2.35. The van der Waals surface area contributed by atoms with E-state index in [1.165, 1.54) is 18.4 Å². The third-order valence-corrected chi connectivity index (χ3v) is 6.54. The van der Waals surface area contributed by atoms with E-state index in [-0.39, 0.29) is 23.5 Å². The van der Waals surface area contributed by atoms with Crippen molar-refractivity contribution in [1.29, 1.82) is 0 Å². The second-order valence-electron chi connectivity index (χ2n) is 6.61. The zero-order chi connectivity index (χ0) is 22.8. The number of rotatable bonds is 5. The molecule has 0 amide bonds. The molecule has 1 N–H and O–H groups in total. The zero-order valence-electron chi connectivity index (χ0n) is 16.4. The van der Waals surface area contributed by atoms with E-state index in [1.807, 2.05) is 0 Å². The summed E-state index contributed by atoms with van der Waals surface area (Å²) in [7, 11) is -2.48. The molecule has 3 rings (SSSR count). The van der Waals surface area contributed by atoms with Gasteiger partial charge in [-0.25, -0.2) is 12.8 Å². The number of alkyl halides is 3. The standard InChI is InChI=1S/C21H17F4NO3S2/c1-29-17-11-20(31(2,27)28)15(22)10-16(17)26-9-5-8-19-14(12-21(23,24)25)13-6-3-4-7-18(13)30-19/h3-4,6-7,10-11,26H,9,12H2,1-2H3. The number of nitrogens with one attached hydrogen (secondary N) is 1. The van der Waals surface area contributed by atoms with Crippen LogP contribution in [0.1, 0.15) is 10.4 Å². The van der Waals surface area contributed by atoms with Gasteiger partial charge in [0, 0.05) is 23.1 Å². The van der Waals surface area contributed by atoms with Crippen LogP contribution in [0.15, 0.2) is 41.3 Å². The molecule has 0 saturated carbocycles. The molecule has 0 aliphatic carbocycles. The molecule has 0 fully saturated rings. The van der Waals surface area contributed by atoms with Crippen molar-refractivity contribution in [3.8, 4) is 17.6 Å². The van der Waals surface area contributed by atoms with E-state index < -0.39 is 33.1 Å². The first-order valence-corrected chi connectivity index (χ1v) is 11.6. The summed E-state index contributed by atoms with van der Waals surface area (Å²) in [6.07, 6.45) is -4.57. The van der Waals surface area contributed by atoms with Gasteiger partial charge in [-0.05, 0) is 17.0 Å². The molecule has 1 heterocycles. The monoisotopic (exact) mass is 471 g/mol. The largest absolute Gasteiger partial charge is 0.495 e. The van der Waals surface area contributed by atoms with Crippen molar-refractivity contribution < 1.29 is 30.7 Å². The molecule has 31 heavy (non-hydrogen) atoms. The van der Waals surface area contributed by atoms with Gasteiger partial charge in [-0.3, -0.25) is 0 Å². The van der Waals surface area contributed by atoms with E-state index in [0.29, 0.717) is 15.0 Å². The van der Waals surface area contributed by atoms with Crippen LogP contribution in [-0.4, -0.2) is 34.5 Å². The number of benzene rings is 2. The molecule has 164 valence electrons. The fourth-order valence-electron chi connectivity index (χ4n) is 2.97. The summed E-state index contributed by atoms with van der Waals surface area (Å²) in [5, 5.41) is 3.32. The van der Waals surface area contributed by atoms with Crippen LogP contribution < -0.4 is 10.1 Å². The van der Waals surface area contributed by atoms with Crippen molar-refractivity contribution in [2.45, 2.75) is 17.5 Å². The number of fused-ring (bicyclic) bond motifs is 1. The van der Waals surface area contributed by atoms with Crippen LogP contribution in [0.3, 0.4) is 0 Å². The predicted molar refractivity (Wildman–Crippen MR) is 113 cm³/mol. The van der Waals surface area contributed by atoms with Crippen molar-refractivity contribution in [3.63, 3.8) is 0 Å². The van der Waals surface area contributed by atoms with Crippen molar-refractivity contribution >= 4 is 36.9 Å². The molecular formula is C21H17F4NO3S2. The summed E-state index contributed by atoms with van der Waals surface area (Å²) in [6, 6.07) is 8.83. The average molecular weight is 471 g/mol. The van der Waals surface area contributed by atoms with Crippen LogP contribution in [0.4, 0.5) is 23.2 Å². The van der Waals surface area contributed by atoms with E-state index in [1.54, 1.807) is 24.3 Å². The Hall–Kier alpha value is -2.77. The van der Waals surface area contributed by atoms with Crippen molar-refractivity contribution in [1.82, 2.24) is 0 Å². The first-order chi connectivity index (χ1) is 14.5.